The first-order chi connectivity index (χ1) is 32.0. The van der Waals surface area contributed by atoms with Gasteiger partial charge < -0.3 is 52.3 Å². The van der Waals surface area contributed by atoms with E-state index in [1.54, 1.807) is 46.8 Å². The summed E-state index contributed by atoms with van der Waals surface area (Å²) in [6.45, 7) is 20.0. The Labute approximate surface area is 412 Å². The molecule has 4 aromatic heterocycles. The number of ether oxygens (including phenoxy) is 2. The fourth-order valence-corrected chi connectivity index (χ4v) is 6.07. The maximum atomic E-state index is 12.2. The summed E-state index contributed by atoms with van der Waals surface area (Å²) in [7, 11) is 7.36. The van der Waals surface area contributed by atoms with Crippen LogP contribution < -0.4 is 5.32 Å². The SMILES string of the molecule is CC(C)(C)OC(=O)N1CCN(Cc2ccco2)CC1.CC(C)(C)OC(=O)N1CCNCC1.ClCc1ccco1.O=C(N1CCN(Cc2ccco2)CC1)C(F)(F)F.O=S(Cl)Cl.OCc1ccco1. The van der Waals surface area contributed by atoms with E-state index in [1.807, 2.05) is 76.8 Å². The molecule has 0 aliphatic carbocycles. The summed E-state index contributed by atoms with van der Waals surface area (Å²) in [6, 6.07) is 14.6. The first-order valence-electron chi connectivity index (χ1n) is 21.5. The van der Waals surface area contributed by atoms with E-state index in [9.17, 15) is 27.6 Å². The van der Waals surface area contributed by atoms with Crippen LogP contribution in [0.5, 0.6) is 0 Å². The third kappa shape index (κ3) is 27.1. The molecule has 0 radical (unpaired) electrons. The largest absolute Gasteiger partial charge is 0.471 e. The number of nitrogens with one attached hydrogen (secondary N) is 1. The van der Waals surface area contributed by atoms with Crippen molar-refractivity contribution in [2.45, 2.75) is 84.5 Å². The molecule has 3 fully saturated rings. The van der Waals surface area contributed by atoms with Gasteiger partial charge in [0.25, 0.3) is 0 Å². The second kappa shape index (κ2) is 31.1. The van der Waals surface area contributed by atoms with E-state index in [4.69, 9.17) is 48.1 Å². The van der Waals surface area contributed by atoms with E-state index in [2.05, 4.69) is 31.6 Å². The Balaban J connectivity index is 0.000000299. The Kier molecular flexibility index (Phi) is 27.4. The third-order valence-corrected chi connectivity index (χ3v) is 9.32. The molecular formula is C44H64Cl3F3N6O11S. The van der Waals surface area contributed by atoms with E-state index in [0.29, 0.717) is 44.4 Å². The molecule has 3 saturated heterocycles. The number of piperazine rings is 3. The molecule has 7 heterocycles. The van der Waals surface area contributed by atoms with Crippen molar-refractivity contribution in [2.24, 2.45) is 0 Å². The minimum absolute atomic E-state index is 0.00694. The maximum absolute atomic E-state index is 12.2. The van der Waals surface area contributed by atoms with Crippen LogP contribution in [0.4, 0.5) is 22.8 Å². The molecular weight excluding hydrogens is 984 g/mol. The molecule has 0 aromatic carbocycles. The van der Waals surface area contributed by atoms with Gasteiger partial charge in [0.15, 0.2) is 0 Å². The second-order valence-corrected chi connectivity index (χ2v) is 19.6. The molecule has 0 bridgehead atoms. The normalized spacial score (nSPS) is 15.6. The van der Waals surface area contributed by atoms with Crippen LogP contribution in [-0.4, -0.2) is 148 Å². The molecule has 7 rings (SSSR count). The van der Waals surface area contributed by atoms with Gasteiger partial charge in [-0.05, 0) is 90.1 Å². The summed E-state index contributed by atoms with van der Waals surface area (Å²) in [5.74, 6) is 1.88. The van der Waals surface area contributed by atoms with Crippen molar-refractivity contribution in [2.75, 3.05) is 78.5 Å². The maximum Gasteiger partial charge on any atom is 0.471 e. The lowest BCUT2D eigenvalue weighted by Crippen LogP contribution is -2.51. The number of hydrogen-bond donors (Lipinski definition) is 2. The Bertz CT molecular complexity index is 1910. The highest BCUT2D eigenvalue weighted by molar-refractivity contribution is 8.26. The first-order valence-corrected chi connectivity index (χ1v) is 24.8. The standard InChI is InChI=1S/C14H22N2O3.C11H13F3N2O2.C9H18N2O2.C5H5ClO.C5H6O2.Cl2OS/c1-14(2,3)19-13(17)16-8-6-15(7-9-16)11-12-5-4-10-18-12;12-11(13,14)10(17)16-5-3-15(4-6-16)8-9-2-1-7-18-9;1-9(2,3)13-8(12)11-6-4-10-5-7-11;2*6-4-5-2-1-3-7-5;1-4(2)3/h4-5,10H,6-9,11H2,1-3H3;1-2,7H,3-6,8H2;10H,4-7H2,1-3H3;1-3H,4H2;1-3,6H,4H2;. The average molecular weight is 1050 g/mol. The van der Waals surface area contributed by atoms with Crippen LogP contribution in [-0.2, 0) is 49.1 Å². The number of nitrogens with zero attached hydrogens (tertiary/aromatic N) is 5. The molecule has 4 aromatic rings. The predicted octanol–water partition coefficient (Wildman–Crippen LogP) is 8.48. The van der Waals surface area contributed by atoms with Gasteiger partial charge in [0, 0.05) is 99.9 Å². The van der Waals surface area contributed by atoms with Gasteiger partial charge >= 0.3 is 24.3 Å². The van der Waals surface area contributed by atoms with Crippen LogP contribution in [0.3, 0.4) is 0 Å². The number of halogens is 6. The molecule has 0 saturated carbocycles. The van der Waals surface area contributed by atoms with Crippen molar-refractivity contribution in [3.05, 3.63) is 96.6 Å². The van der Waals surface area contributed by atoms with Crippen LogP contribution in [0.15, 0.2) is 91.3 Å². The molecule has 3 aliphatic heterocycles. The number of aliphatic hydroxyl groups is 1. The van der Waals surface area contributed by atoms with Crippen molar-refractivity contribution < 1.29 is 64.0 Å². The van der Waals surface area contributed by atoms with Gasteiger partial charge in [0.05, 0.1) is 44.0 Å². The summed E-state index contributed by atoms with van der Waals surface area (Å²) < 4.78 is 76.4. The van der Waals surface area contributed by atoms with Crippen molar-refractivity contribution >= 4 is 60.3 Å². The van der Waals surface area contributed by atoms with E-state index in [1.165, 1.54) is 6.26 Å². The molecule has 68 heavy (non-hydrogen) atoms. The summed E-state index contributed by atoms with van der Waals surface area (Å²) in [5, 5.41) is 11.5. The zero-order chi connectivity index (χ0) is 50.8. The van der Waals surface area contributed by atoms with Crippen LogP contribution in [0.1, 0.15) is 64.6 Å². The van der Waals surface area contributed by atoms with Gasteiger partial charge in [-0.25, -0.2) is 13.8 Å². The number of carbonyl (C=O) groups excluding carboxylic acids is 3. The van der Waals surface area contributed by atoms with Gasteiger partial charge in [0.2, 0.25) is 9.23 Å². The lowest BCUT2D eigenvalue weighted by atomic mass is 10.2. The zero-order valence-corrected chi connectivity index (χ0v) is 42.3. The lowest BCUT2D eigenvalue weighted by molar-refractivity contribution is -0.187. The molecule has 0 unspecified atom stereocenters. The van der Waals surface area contributed by atoms with Gasteiger partial charge in [-0.15, -0.1) is 11.6 Å². The molecule has 0 atom stereocenters. The number of rotatable bonds is 6. The van der Waals surface area contributed by atoms with E-state index >= 15 is 0 Å². The molecule has 24 heteroatoms. The minimum atomic E-state index is -4.77. The minimum Gasteiger partial charge on any atom is -0.468 e. The molecule has 3 aliphatic rings. The number of amides is 3. The zero-order valence-electron chi connectivity index (χ0n) is 39.2. The van der Waals surface area contributed by atoms with Gasteiger partial charge in [-0.2, -0.15) is 13.2 Å². The molecule has 3 amide bonds. The van der Waals surface area contributed by atoms with Crippen LogP contribution >= 0.6 is 33.0 Å². The Morgan fingerprint density at radius 2 is 0.956 bits per heavy atom. The van der Waals surface area contributed by atoms with Crippen molar-refractivity contribution in [1.29, 1.82) is 0 Å². The van der Waals surface area contributed by atoms with E-state index in [0.717, 1.165) is 68.0 Å². The Morgan fingerprint density at radius 3 is 1.24 bits per heavy atom. The monoisotopic (exact) mass is 1050 g/mol. The summed E-state index contributed by atoms with van der Waals surface area (Å²) in [5.41, 5.74) is -0.815. The van der Waals surface area contributed by atoms with Gasteiger partial charge in [-0.3, -0.25) is 14.6 Å². The molecule has 384 valence electrons. The van der Waals surface area contributed by atoms with Crippen molar-refractivity contribution in [3.63, 3.8) is 0 Å². The van der Waals surface area contributed by atoms with Crippen LogP contribution in [0, 0.1) is 0 Å². The highest BCUT2D eigenvalue weighted by atomic mass is 36.0. The predicted molar refractivity (Wildman–Crippen MR) is 252 cm³/mol. The fraction of sp³-hybridized carbons (Fsp3) is 0.568. The van der Waals surface area contributed by atoms with Crippen molar-refractivity contribution in [3.8, 4) is 0 Å². The number of furan rings is 4. The van der Waals surface area contributed by atoms with E-state index in [-0.39, 0.29) is 37.5 Å². The highest BCUT2D eigenvalue weighted by Crippen LogP contribution is 2.20. The summed E-state index contributed by atoms with van der Waals surface area (Å²) in [4.78, 5) is 43.0. The first kappa shape index (κ1) is 59.9. The number of alkyl halides is 4. The Morgan fingerprint density at radius 1 is 0.618 bits per heavy atom. The quantitative estimate of drug-likeness (QED) is 0.138. The van der Waals surface area contributed by atoms with Gasteiger partial charge in [0.1, 0.15) is 40.8 Å². The van der Waals surface area contributed by atoms with Gasteiger partial charge in [-0.1, -0.05) is 0 Å². The Hall–Kier alpha value is -4.22. The lowest BCUT2D eigenvalue weighted by Gasteiger charge is -2.35. The average Bonchev–Trinajstić information content (AvgIpc) is 4.14. The summed E-state index contributed by atoms with van der Waals surface area (Å²) in [6.07, 6.45) is 1.19. The number of carbonyl (C=O) groups is 3. The fourth-order valence-electron chi connectivity index (χ4n) is 5.91. The molecule has 17 nitrogen and oxygen atoms in total. The van der Waals surface area contributed by atoms with E-state index < -0.39 is 26.9 Å². The topological polar surface area (TPSA) is 188 Å². The molecule has 0 spiro atoms. The van der Waals surface area contributed by atoms with Crippen LogP contribution in [0.25, 0.3) is 0 Å². The summed E-state index contributed by atoms with van der Waals surface area (Å²) >= 11 is 5.37. The third-order valence-electron chi connectivity index (χ3n) is 9.06. The number of hydrogen-bond acceptors (Lipinski definition) is 14. The van der Waals surface area contributed by atoms with Crippen LogP contribution in [0.2, 0.25) is 0 Å². The smallest absolute Gasteiger partial charge is 0.468 e. The number of aliphatic hydroxyl groups excluding tert-OH is 1. The van der Waals surface area contributed by atoms with Crippen molar-refractivity contribution in [1.82, 2.24) is 29.8 Å². The second-order valence-electron chi connectivity index (χ2n) is 16.8. The molecule has 2 N–H and O–H groups in total. The highest BCUT2D eigenvalue weighted by Gasteiger charge is 2.43.